The van der Waals surface area contributed by atoms with Crippen LogP contribution in [0, 0.1) is 0 Å². The second-order valence-electron chi connectivity index (χ2n) is 6.45. The predicted molar refractivity (Wildman–Crippen MR) is 103 cm³/mol. The molecule has 0 saturated carbocycles. The molecule has 2 aromatic rings. The van der Waals surface area contributed by atoms with Crippen molar-refractivity contribution in [2.45, 2.75) is 18.9 Å². The smallest absolute Gasteiger partial charge is 0.253 e. The molecule has 1 heterocycles. The van der Waals surface area contributed by atoms with E-state index < -0.39 is 10.0 Å². The third-order valence-electron chi connectivity index (χ3n) is 4.48. The average Bonchev–Trinajstić information content (AvgIpc) is 2.63. The van der Waals surface area contributed by atoms with E-state index in [1.807, 2.05) is 48.5 Å². The zero-order valence-electron chi connectivity index (χ0n) is 14.7. The van der Waals surface area contributed by atoms with Crippen LogP contribution in [0.15, 0.2) is 54.6 Å². The van der Waals surface area contributed by atoms with E-state index in [1.165, 1.54) is 10.6 Å². The molecular formula is C19H23N3O3S. The van der Waals surface area contributed by atoms with Crippen molar-refractivity contribution in [2.24, 2.45) is 0 Å². The van der Waals surface area contributed by atoms with E-state index in [-0.39, 0.29) is 11.9 Å². The normalized spacial score (nSPS) is 16.2. The minimum absolute atomic E-state index is 0.0229. The Hall–Kier alpha value is -2.38. The Morgan fingerprint density at radius 1 is 1.00 bits per heavy atom. The van der Waals surface area contributed by atoms with Crippen molar-refractivity contribution in [1.29, 1.82) is 0 Å². The summed E-state index contributed by atoms with van der Waals surface area (Å²) in [5, 5.41) is 6.30. The highest BCUT2D eigenvalue weighted by atomic mass is 32.2. The Kier molecular flexibility index (Phi) is 5.58. The summed E-state index contributed by atoms with van der Waals surface area (Å²) in [5.41, 5.74) is 2.22. The van der Waals surface area contributed by atoms with Crippen LogP contribution in [-0.4, -0.2) is 44.0 Å². The summed E-state index contributed by atoms with van der Waals surface area (Å²) >= 11 is 0. The molecule has 1 fully saturated rings. The third-order valence-corrected chi connectivity index (χ3v) is 5.79. The zero-order chi connectivity index (χ0) is 18.6. The molecule has 0 bridgehead atoms. The standard InChI is InChI=1S/C19H23N3O3S/c1-26(24,25)22-13-11-16(12-14-22)21-19(23)17-9-5-6-10-18(17)20-15-7-3-2-4-8-15/h2-10,16,20H,11-14H2,1H3,(H,21,23). The minimum atomic E-state index is -3.16. The van der Waals surface area contributed by atoms with Crippen LogP contribution >= 0.6 is 0 Å². The molecule has 0 aromatic heterocycles. The number of hydrogen-bond acceptors (Lipinski definition) is 4. The van der Waals surface area contributed by atoms with Crippen molar-refractivity contribution >= 4 is 27.3 Å². The Labute approximate surface area is 154 Å². The number of nitrogens with zero attached hydrogens (tertiary/aromatic N) is 1. The van der Waals surface area contributed by atoms with Crippen LogP contribution in [0.4, 0.5) is 11.4 Å². The van der Waals surface area contributed by atoms with Crippen molar-refractivity contribution in [3.05, 3.63) is 60.2 Å². The molecule has 2 aromatic carbocycles. The Morgan fingerprint density at radius 3 is 2.27 bits per heavy atom. The lowest BCUT2D eigenvalue weighted by Gasteiger charge is -2.30. The average molecular weight is 373 g/mol. The maximum absolute atomic E-state index is 12.7. The van der Waals surface area contributed by atoms with Gasteiger partial charge in [0.05, 0.1) is 17.5 Å². The van der Waals surface area contributed by atoms with Crippen molar-refractivity contribution < 1.29 is 13.2 Å². The molecule has 0 radical (unpaired) electrons. The van der Waals surface area contributed by atoms with Crippen LogP contribution in [0.3, 0.4) is 0 Å². The van der Waals surface area contributed by atoms with Crippen molar-refractivity contribution in [2.75, 3.05) is 24.7 Å². The Balaban J connectivity index is 1.66. The molecule has 0 spiro atoms. The van der Waals surface area contributed by atoms with Gasteiger partial charge >= 0.3 is 0 Å². The fourth-order valence-electron chi connectivity index (χ4n) is 3.06. The molecule has 0 atom stereocenters. The summed E-state index contributed by atoms with van der Waals surface area (Å²) < 4.78 is 24.6. The van der Waals surface area contributed by atoms with Gasteiger partial charge in [-0.1, -0.05) is 30.3 Å². The highest BCUT2D eigenvalue weighted by Crippen LogP contribution is 2.21. The summed E-state index contributed by atoms with van der Waals surface area (Å²) in [6.07, 6.45) is 2.46. The summed E-state index contributed by atoms with van der Waals surface area (Å²) in [6.45, 7) is 0.876. The van der Waals surface area contributed by atoms with Gasteiger partial charge in [0.25, 0.3) is 5.91 Å². The first-order chi connectivity index (χ1) is 12.4. The van der Waals surface area contributed by atoms with Gasteiger partial charge in [0.15, 0.2) is 0 Å². The van der Waals surface area contributed by atoms with Crippen LogP contribution in [0.25, 0.3) is 0 Å². The second-order valence-corrected chi connectivity index (χ2v) is 8.43. The van der Waals surface area contributed by atoms with E-state index in [2.05, 4.69) is 10.6 Å². The summed E-state index contributed by atoms with van der Waals surface area (Å²) in [5.74, 6) is -0.151. The van der Waals surface area contributed by atoms with Crippen molar-refractivity contribution in [3.8, 4) is 0 Å². The number of amides is 1. The molecule has 3 rings (SSSR count). The van der Waals surface area contributed by atoms with Gasteiger partial charge in [0.1, 0.15) is 0 Å². The number of carbonyl (C=O) groups is 1. The number of nitrogens with one attached hydrogen (secondary N) is 2. The van der Waals surface area contributed by atoms with Crippen LogP contribution < -0.4 is 10.6 Å². The van der Waals surface area contributed by atoms with E-state index in [9.17, 15) is 13.2 Å². The lowest BCUT2D eigenvalue weighted by Crippen LogP contribution is -2.46. The first kappa shape index (κ1) is 18.4. The molecule has 7 heteroatoms. The number of rotatable bonds is 5. The van der Waals surface area contributed by atoms with Gasteiger partial charge < -0.3 is 10.6 Å². The van der Waals surface area contributed by atoms with Gasteiger partial charge in [-0.2, -0.15) is 0 Å². The first-order valence-electron chi connectivity index (χ1n) is 8.60. The van der Waals surface area contributed by atoms with Gasteiger partial charge in [-0.3, -0.25) is 4.79 Å². The topological polar surface area (TPSA) is 78.5 Å². The zero-order valence-corrected chi connectivity index (χ0v) is 15.5. The van der Waals surface area contributed by atoms with Gasteiger partial charge in [0, 0.05) is 24.8 Å². The molecule has 1 amide bonds. The van der Waals surface area contributed by atoms with E-state index in [0.29, 0.717) is 31.5 Å². The summed E-state index contributed by atoms with van der Waals surface area (Å²) in [7, 11) is -3.16. The number of anilines is 2. The molecule has 0 unspecified atom stereocenters. The SMILES string of the molecule is CS(=O)(=O)N1CCC(NC(=O)c2ccccc2Nc2ccccc2)CC1. The molecule has 6 nitrogen and oxygen atoms in total. The molecule has 1 aliphatic heterocycles. The number of carbonyl (C=O) groups excluding carboxylic acids is 1. The fourth-order valence-corrected chi connectivity index (χ4v) is 3.94. The van der Waals surface area contributed by atoms with Crippen LogP contribution in [0.1, 0.15) is 23.2 Å². The van der Waals surface area contributed by atoms with Gasteiger partial charge in [-0.15, -0.1) is 0 Å². The molecular weight excluding hydrogens is 350 g/mol. The fraction of sp³-hybridized carbons (Fsp3) is 0.316. The third kappa shape index (κ3) is 4.62. The quantitative estimate of drug-likeness (QED) is 0.844. The number of piperidine rings is 1. The van der Waals surface area contributed by atoms with Crippen LogP contribution in [0.5, 0.6) is 0 Å². The number of hydrogen-bond donors (Lipinski definition) is 2. The van der Waals surface area contributed by atoms with Gasteiger partial charge in [-0.05, 0) is 37.1 Å². The maximum atomic E-state index is 12.7. The maximum Gasteiger partial charge on any atom is 0.253 e. The summed E-state index contributed by atoms with van der Waals surface area (Å²) in [6, 6.07) is 17.0. The number of para-hydroxylation sites is 2. The number of sulfonamides is 1. The minimum Gasteiger partial charge on any atom is -0.355 e. The van der Waals surface area contributed by atoms with Crippen molar-refractivity contribution in [1.82, 2.24) is 9.62 Å². The molecule has 1 saturated heterocycles. The monoisotopic (exact) mass is 373 g/mol. The lowest BCUT2D eigenvalue weighted by atomic mass is 10.1. The number of benzene rings is 2. The lowest BCUT2D eigenvalue weighted by molar-refractivity contribution is 0.0925. The molecule has 1 aliphatic rings. The van der Waals surface area contributed by atoms with Crippen LogP contribution in [0.2, 0.25) is 0 Å². The molecule has 0 aliphatic carbocycles. The highest BCUT2D eigenvalue weighted by molar-refractivity contribution is 7.88. The largest absolute Gasteiger partial charge is 0.355 e. The molecule has 26 heavy (non-hydrogen) atoms. The highest BCUT2D eigenvalue weighted by Gasteiger charge is 2.26. The molecule has 2 N–H and O–H groups in total. The van der Waals surface area contributed by atoms with E-state index in [1.54, 1.807) is 6.07 Å². The van der Waals surface area contributed by atoms with Crippen molar-refractivity contribution in [3.63, 3.8) is 0 Å². The van der Waals surface area contributed by atoms with Gasteiger partial charge in [-0.25, -0.2) is 12.7 Å². The molecule has 138 valence electrons. The Morgan fingerprint density at radius 2 is 1.62 bits per heavy atom. The summed E-state index contributed by atoms with van der Waals surface area (Å²) in [4.78, 5) is 12.7. The van der Waals surface area contributed by atoms with Gasteiger partial charge in [0.2, 0.25) is 10.0 Å². The van der Waals surface area contributed by atoms with E-state index in [0.717, 1.165) is 11.4 Å². The first-order valence-corrected chi connectivity index (χ1v) is 10.5. The van der Waals surface area contributed by atoms with Crippen LogP contribution in [-0.2, 0) is 10.0 Å². The second kappa shape index (κ2) is 7.88. The van der Waals surface area contributed by atoms with E-state index in [4.69, 9.17) is 0 Å². The Bertz CT molecular complexity index is 861. The van der Waals surface area contributed by atoms with E-state index >= 15 is 0 Å². The predicted octanol–water partition coefficient (Wildman–Crippen LogP) is 2.58.